The van der Waals surface area contributed by atoms with Gasteiger partial charge in [-0.05, 0) is 43.5 Å². The average molecular weight is 361 g/mol. The van der Waals surface area contributed by atoms with E-state index >= 15 is 0 Å². The quantitative estimate of drug-likeness (QED) is 0.748. The summed E-state index contributed by atoms with van der Waals surface area (Å²) in [5.74, 6) is 0.232. The van der Waals surface area contributed by atoms with E-state index < -0.39 is 0 Å². The van der Waals surface area contributed by atoms with Gasteiger partial charge >= 0.3 is 0 Å². The van der Waals surface area contributed by atoms with Crippen LogP contribution < -0.4 is 10.6 Å². The molecule has 27 heavy (non-hydrogen) atoms. The summed E-state index contributed by atoms with van der Waals surface area (Å²) in [5, 5.41) is 19.8. The number of nitriles is 1. The number of fused-ring (bicyclic) bond motifs is 1. The van der Waals surface area contributed by atoms with Gasteiger partial charge in [-0.25, -0.2) is 0 Å². The second-order valence-corrected chi connectivity index (χ2v) is 7.22. The Labute approximate surface area is 158 Å². The predicted octanol–water partition coefficient (Wildman–Crippen LogP) is 2.90. The summed E-state index contributed by atoms with van der Waals surface area (Å²) < 4.78 is 1.91. The normalized spacial score (nSPS) is 17.2. The summed E-state index contributed by atoms with van der Waals surface area (Å²) in [7, 11) is 0. The van der Waals surface area contributed by atoms with Crippen LogP contribution in [0.4, 0.5) is 5.69 Å². The van der Waals surface area contributed by atoms with Gasteiger partial charge < -0.3 is 20.3 Å². The maximum absolute atomic E-state index is 10.8. The van der Waals surface area contributed by atoms with Crippen molar-refractivity contribution in [3.63, 3.8) is 0 Å². The highest BCUT2D eigenvalue weighted by Gasteiger charge is 2.23. The Balaban J connectivity index is 1.81. The molecule has 0 saturated carbocycles. The van der Waals surface area contributed by atoms with Crippen molar-refractivity contribution in [1.82, 2.24) is 9.55 Å². The van der Waals surface area contributed by atoms with Crippen molar-refractivity contribution in [2.75, 3.05) is 18.0 Å². The van der Waals surface area contributed by atoms with E-state index in [0.29, 0.717) is 12.1 Å². The van der Waals surface area contributed by atoms with Crippen LogP contribution in [0.1, 0.15) is 29.5 Å². The van der Waals surface area contributed by atoms with E-state index in [2.05, 4.69) is 16.0 Å². The molecule has 3 aromatic rings. The Morgan fingerprint density at radius 1 is 1.30 bits per heavy atom. The van der Waals surface area contributed by atoms with Crippen LogP contribution in [-0.4, -0.2) is 33.8 Å². The van der Waals surface area contributed by atoms with Crippen LogP contribution in [0, 0.1) is 18.3 Å². The molecule has 0 radical (unpaired) electrons. The number of aryl methyl sites for hydroxylation is 1. The molecule has 0 aliphatic carbocycles. The molecule has 1 atom stereocenters. The first-order valence-electron chi connectivity index (χ1n) is 9.25. The topological polar surface area (TPSA) is 91.1 Å². The monoisotopic (exact) mass is 361 g/mol. The molecule has 4 rings (SSSR count). The van der Waals surface area contributed by atoms with Crippen molar-refractivity contribution in [2.24, 2.45) is 5.73 Å². The number of pyridine rings is 1. The van der Waals surface area contributed by atoms with Gasteiger partial charge in [0.05, 0.1) is 34.9 Å². The van der Waals surface area contributed by atoms with Crippen LogP contribution in [0.25, 0.3) is 11.0 Å². The van der Waals surface area contributed by atoms with Crippen molar-refractivity contribution < 1.29 is 5.11 Å². The van der Waals surface area contributed by atoms with E-state index in [4.69, 9.17) is 11.0 Å². The summed E-state index contributed by atoms with van der Waals surface area (Å²) in [6, 6.07) is 11.8. The number of nitrogens with two attached hydrogens (primary N) is 1. The largest absolute Gasteiger partial charge is 0.494 e. The number of rotatable bonds is 3. The molecule has 1 aromatic carbocycles. The number of benzene rings is 1. The molecule has 2 aromatic heterocycles. The number of anilines is 1. The van der Waals surface area contributed by atoms with Crippen LogP contribution in [0.3, 0.4) is 0 Å². The van der Waals surface area contributed by atoms with Gasteiger partial charge in [0.15, 0.2) is 5.88 Å². The molecular weight excluding hydrogens is 338 g/mol. The van der Waals surface area contributed by atoms with E-state index in [1.807, 2.05) is 29.7 Å². The highest BCUT2D eigenvalue weighted by molar-refractivity contribution is 5.93. The predicted molar refractivity (Wildman–Crippen MR) is 106 cm³/mol. The third kappa shape index (κ3) is 3.11. The summed E-state index contributed by atoms with van der Waals surface area (Å²) in [5.41, 5.74) is 11.4. The van der Waals surface area contributed by atoms with Gasteiger partial charge in [-0.2, -0.15) is 5.26 Å². The molecule has 0 amide bonds. The number of hydrogen-bond acceptors (Lipinski definition) is 5. The first kappa shape index (κ1) is 17.4. The first-order valence-corrected chi connectivity index (χ1v) is 9.25. The Kier molecular flexibility index (Phi) is 4.46. The molecular formula is C21H23N5O. The van der Waals surface area contributed by atoms with Crippen LogP contribution in [0.15, 0.2) is 36.5 Å². The van der Waals surface area contributed by atoms with Gasteiger partial charge in [0.1, 0.15) is 0 Å². The van der Waals surface area contributed by atoms with Crippen molar-refractivity contribution in [2.45, 2.75) is 32.4 Å². The van der Waals surface area contributed by atoms with Crippen LogP contribution in [0.5, 0.6) is 5.88 Å². The minimum Gasteiger partial charge on any atom is -0.494 e. The Morgan fingerprint density at radius 2 is 2.07 bits per heavy atom. The highest BCUT2D eigenvalue weighted by atomic mass is 16.3. The number of aromatic nitrogens is 2. The smallest absolute Gasteiger partial charge is 0.197 e. The van der Waals surface area contributed by atoms with E-state index in [9.17, 15) is 5.11 Å². The second kappa shape index (κ2) is 6.93. The maximum Gasteiger partial charge on any atom is 0.197 e. The van der Waals surface area contributed by atoms with E-state index in [1.54, 1.807) is 18.3 Å². The third-order valence-electron chi connectivity index (χ3n) is 5.34. The minimum atomic E-state index is 0.165. The lowest BCUT2D eigenvalue weighted by Gasteiger charge is -2.33. The molecule has 1 fully saturated rings. The standard InChI is InChI=1S/C21H23N5O/c1-14-19-20(18(8-9-24-19)25-10-2-3-17(23)13-25)26(21(14)27)12-16-6-4-15(11-22)5-7-16/h4-9,17,27H,2-3,10,12-13,23H2,1H3/t17-/m1/s1. The van der Waals surface area contributed by atoms with Crippen molar-refractivity contribution in [3.05, 3.63) is 53.2 Å². The fraction of sp³-hybridized carbons (Fsp3) is 0.333. The fourth-order valence-electron chi connectivity index (χ4n) is 3.90. The second-order valence-electron chi connectivity index (χ2n) is 7.22. The number of piperidine rings is 1. The maximum atomic E-state index is 10.8. The average Bonchev–Trinajstić information content (AvgIpc) is 2.93. The van der Waals surface area contributed by atoms with Gasteiger partial charge in [0.25, 0.3) is 0 Å². The van der Waals surface area contributed by atoms with Gasteiger partial charge in [-0.3, -0.25) is 4.98 Å². The molecule has 6 nitrogen and oxygen atoms in total. The van der Waals surface area contributed by atoms with E-state index in [1.165, 1.54) is 0 Å². The number of nitrogens with zero attached hydrogens (tertiary/aromatic N) is 4. The van der Waals surface area contributed by atoms with Gasteiger partial charge in [0, 0.05) is 30.9 Å². The third-order valence-corrected chi connectivity index (χ3v) is 5.34. The molecule has 138 valence electrons. The molecule has 0 bridgehead atoms. The zero-order valence-corrected chi connectivity index (χ0v) is 15.4. The number of hydrogen-bond donors (Lipinski definition) is 2. The molecule has 0 spiro atoms. The van der Waals surface area contributed by atoms with Crippen LogP contribution in [0.2, 0.25) is 0 Å². The van der Waals surface area contributed by atoms with Gasteiger partial charge in [-0.15, -0.1) is 0 Å². The lowest BCUT2D eigenvalue weighted by Crippen LogP contribution is -2.43. The van der Waals surface area contributed by atoms with Crippen LogP contribution >= 0.6 is 0 Å². The van der Waals surface area contributed by atoms with Gasteiger partial charge in [-0.1, -0.05) is 12.1 Å². The molecule has 3 heterocycles. The lowest BCUT2D eigenvalue weighted by atomic mass is 10.1. The SMILES string of the molecule is Cc1c(O)n(Cc2ccc(C#N)cc2)c2c(N3CCC[C@@H](N)C3)ccnc12. The lowest BCUT2D eigenvalue weighted by molar-refractivity contribution is 0.424. The molecule has 1 aliphatic rings. The molecule has 3 N–H and O–H groups in total. The summed E-state index contributed by atoms with van der Waals surface area (Å²) in [6.45, 7) is 4.17. The Morgan fingerprint density at radius 3 is 2.78 bits per heavy atom. The zero-order chi connectivity index (χ0) is 19.0. The molecule has 1 aliphatic heterocycles. The Bertz CT molecular complexity index is 1020. The van der Waals surface area contributed by atoms with E-state index in [-0.39, 0.29) is 11.9 Å². The zero-order valence-electron chi connectivity index (χ0n) is 15.4. The molecule has 0 unspecified atom stereocenters. The minimum absolute atomic E-state index is 0.165. The van der Waals surface area contributed by atoms with Crippen molar-refractivity contribution in [3.8, 4) is 11.9 Å². The van der Waals surface area contributed by atoms with E-state index in [0.717, 1.165) is 53.8 Å². The first-order chi connectivity index (χ1) is 13.1. The summed E-state index contributed by atoms with van der Waals surface area (Å²) in [6.07, 6.45) is 3.91. The Hall–Kier alpha value is -3.04. The molecule has 6 heteroatoms. The van der Waals surface area contributed by atoms with Crippen molar-refractivity contribution >= 4 is 16.7 Å². The number of aromatic hydroxyl groups is 1. The van der Waals surface area contributed by atoms with Crippen molar-refractivity contribution in [1.29, 1.82) is 5.26 Å². The van der Waals surface area contributed by atoms with Gasteiger partial charge in [0.2, 0.25) is 0 Å². The van der Waals surface area contributed by atoms with Crippen LogP contribution in [-0.2, 0) is 6.54 Å². The summed E-state index contributed by atoms with van der Waals surface area (Å²) in [4.78, 5) is 6.82. The summed E-state index contributed by atoms with van der Waals surface area (Å²) >= 11 is 0. The highest BCUT2D eigenvalue weighted by Crippen LogP contribution is 2.36. The molecule has 1 saturated heterocycles. The fourth-order valence-corrected chi connectivity index (χ4v) is 3.90.